The van der Waals surface area contributed by atoms with Crippen molar-refractivity contribution >= 4 is 28.6 Å². The summed E-state index contributed by atoms with van der Waals surface area (Å²) in [4.78, 5) is 14.3. The standard InChI is InChI=1S/C16H17N5O2/c1-23-16(22)19-15-7-6-14(20-21-15)17-9-8-11-10-18-13-5-3-2-4-12(11)13/h2-7,10,18H,8-9H2,1H3,(H,17,20)(H,19,21,22). The lowest BCUT2D eigenvalue weighted by Gasteiger charge is -2.06. The molecule has 3 aromatic rings. The zero-order chi connectivity index (χ0) is 16.1. The Bertz CT molecular complexity index is 798. The highest BCUT2D eigenvalue weighted by molar-refractivity contribution is 5.83. The van der Waals surface area contributed by atoms with Crippen molar-refractivity contribution in [3.05, 3.63) is 48.2 Å². The number of benzene rings is 1. The molecule has 0 fully saturated rings. The van der Waals surface area contributed by atoms with Gasteiger partial charge in [-0.1, -0.05) is 18.2 Å². The summed E-state index contributed by atoms with van der Waals surface area (Å²) >= 11 is 0. The molecular formula is C16H17N5O2. The Morgan fingerprint density at radius 2 is 1.96 bits per heavy atom. The summed E-state index contributed by atoms with van der Waals surface area (Å²) in [5.41, 5.74) is 2.39. The van der Waals surface area contributed by atoms with Crippen LogP contribution in [0.1, 0.15) is 5.56 Å². The lowest BCUT2D eigenvalue weighted by Crippen LogP contribution is -2.13. The van der Waals surface area contributed by atoms with E-state index in [1.165, 1.54) is 18.1 Å². The van der Waals surface area contributed by atoms with E-state index in [0.717, 1.165) is 18.5 Å². The summed E-state index contributed by atoms with van der Waals surface area (Å²) in [7, 11) is 1.30. The van der Waals surface area contributed by atoms with Crippen LogP contribution in [0.25, 0.3) is 10.9 Å². The van der Waals surface area contributed by atoms with Crippen molar-refractivity contribution < 1.29 is 9.53 Å². The molecule has 118 valence electrons. The zero-order valence-corrected chi connectivity index (χ0v) is 12.7. The largest absolute Gasteiger partial charge is 0.453 e. The first kappa shape index (κ1) is 14.8. The fourth-order valence-electron chi connectivity index (χ4n) is 2.31. The van der Waals surface area contributed by atoms with Gasteiger partial charge in [-0.25, -0.2) is 4.79 Å². The lowest BCUT2D eigenvalue weighted by molar-refractivity contribution is 0.187. The molecule has 23 heavy (non-hydrogen) atoms. The SMILES string of the molecule is COC(=O)Nc1ccc(NCCc2c[nH]c3ccccc23)nn1. The zero-order valence-electron chi connectivity index (χ0n) is 12.7. The number of fused-ring (bicyclic) bond motifs is 1. The maximum Gasteiger partial charge on any atom is 0.412 e. The van der Waals surface area contributed by atoms with Gasteiger partial charge in [-0.15, -0.1) is 10.2 Å². The molecule has 0 aliphatic heterocycles. The van der Waals surface area contributed by atoms with Crippen LogP contribution in [0.15, 0.2) is 42.6 Å². The highest BCUT2D eigenvalue weighted by Gasteiger charge is 2.04. The Balaban J connectivity index is 1.55. The number of ether oxygens (including phenoxy) is 1. The van der Waals surface area contributed by atoms with Gasteiger partial charge in [0.2, 0.25) is 0 Å². The van der Waals surface area contributed by atoms with Gasteiger partial charge in [0.1, 0.15) is 5.82 Å². The monoisotopic (exact) mass is 311 g/mol. The molecule has 1 amide bonds. The number of amides is 1. The first-order valence-corrected chi connectivity index (χ1v) is 7.24. The summed E-state index contributed by atoms with van der Waals surface area (Å²) in [6.45, 7) is 0.736. The summed E-state index contributed by atoms with van der Waals surface area (Å²) in [6.07, 6.45) is 2.33. The minimum atomic E-state index is -0.570. The maximum atomic E-state index is 11.1. The number of H-pyrrole nitrogens is 1. The first-order chi connectivity index (χ1) is 11.3. The van der Waals surface area contributed by atoms with Gasteiger partial charge in [0.05, 0.1) is 7.11 Å². The summed E-state index contributed by atoms with van der Waals surface area (Å²) in [5, 5.41) is 14.8. The third-order valence-corrected chi connectivity index (χ3v) is 3.46. The number of hydrogen-bond donors (Lipinski definition) is 3. The molecule has 0 bridgehead atoms. The van der Waals surface area contributed by atoms with Crippen LogP contribution < -0.4 is 10.6 Å². The molecule has 0 saturated heterocycles. The molecule has 3 N–H and O–H groups in total. The van der Waals surface area contributed by atoms with Crippen molar-refractivity contribution in [2.24, 2.45) is 0 Å². The first-order valence-electron chi connectivity index (χ1n) is 7.24. The Morgan fingerprint density at radius 1 is 1.17 bits per heavy atom. The molecule has 0 aliphatic rings. The van der Waals surface area contributed by atoms with Crippen LogP contribution in [0.3, 0.4) is 0 Å². The van der Waals surface area contributed by atoms with Crippen molar-refractivity contribution in [2.45, 2.75) is 6.42 Å². The van der Waals surface area contributed by atoms with Gasteiger partial charge >= 0.3 is 6.09 Å². The molecule has 0 atom stereocenters. The van der Waals surface area contributed by atoms with Gasteiger partial charge in [0, 0.05) is 23.6 Å². The van der Waals surface area contributed by atoms with E-state index in [9.17, 15) is 4.79 Å². The smallest absolute Gasteiger partial charge is 0.412 e. The van der Waals surface area contributed by atoms with Gasteiger partial charge in [0.15, 0.2) is 5.82 Å². The van der Waals surface area contributed by atoms with Crippen LogP contribution in [0.4, 0.5) is 16.4 Å². The minimum Gasteiger partial charge on any atom is -0.453 e. The van der Waals surface area contributed by atoms with E-state index < -0.39 is 6.09 Å². The molecule has 3 rings (SSSR count). The number of aromatic nitrogens is 3. The van der Waals surface area contributed by atoms with Crippen LogP contribution in [0, 0.1) is 0 Å². The third-order valence-electron chi connectivity index (χ3n) is 3.46. The Hall–Kier alpha value is -3.09. The number of carbonyl (C=O) groups excluding carboxylic acids is 1. The van der Waals surface area contributed by atoms with Crippen molar-refractivity contribution in [3.63, 3.8) is 0 Å². The molecule has 0 saturated carbocycles. The average Bonchev–Trinajstić information content (AvgIpc) is 3.00. The maximum absolute atomic E-state index is 11.1. The lowest BCUT2D eigenvalue weighted by atomic mass is 10.1. The Morgan fingerprint density at radius 3 is 2.74 bits per heavy atom. The molecule has 0 aliphatic carbocycles. The van der Waals surface area contributed by atoms with Crippen molar-refractivity contribution in [3.8, 4) is 0 Å². The quantitative estimate of drug-likeness (QED) is 0.674. The molecule has 7 nitrogen and oxygen atoms in total. The predicted molar refractivity (Wildman–Crippen MR) is 88.6 cm³/mol. The van der Waals surface area contributed by atoms with Gasteiger partial charge in [-0.3, -0.25) is 5.32 Å². The third kappa shape index (κ3) is 3.57. The number of anilines is 2. The van der Waals surface area contributed by atoms with Crippen molar-refractivity contribution in [1.82, 2.24) is 15.2 Å². The second-order valence-electron chi connectivity index (χ2n) is 4.96. The number of carbonyl (C=O) groups is 1. The molecule has 2 aromatic heterocycles. The van der Waals surface area contributed by atoms with E-state index in [-0.39, 0.29) is 0 Å². The van der Waals surface area contributed by atoms with E-state index >= 15 is 0 Å². The molecular weight excluding hydrogens is 294 g/mol. The summed E-state index contributed by atoms with van der Waals surface area (Å²) < 4.78 is 4.49. The fraction of sp³-hybridized carbons (Fsp3) is 0.188. The van der Waals surface area contributed by atoms with E-state index in [2.05, 4.69) is 42.7 Å². The van der Waals surface area contributed by atoms with Crippen LogP contribution in [-0.2, 0) is 11.2 Å². The van der Waals surface area contributed by atoms with Gasteiger partial charge in [-0.05, 0) is 30.2 Å². The highest BCUT2D eigenvalue weighted by Crippen LogP contribution is 2.18. The number of nitrogens with one attached hydrogen (secondary N) is 3. The van der Waals surface area contributed by atoms with Crippen LogP contribution in [0.2, 0.25) is 0 Å². The summed E-state index contributed by atoms with van der Waals surface area (Å²) in [6, 6.07) is 11.6. The topological polar surface area (TPSA) is 91.9 Å². The van der Waals surface area contributed by atoms with E-state index in [1.54, 1.807) is 12.1 Å². The summed E-state index contributed by atoms with van der Waals surface area (Å²) in [5.74, 6) is 0.999. The number of methoxy groups -OCH3 is 1. The molecule has 0 spiro atoms. The highest BCUT2D eigenvalue weighted by atomic mass is 16.5. The van der Waals surface area contributed by atoms with Gasteiger partial charge < -0.3 is 15.0 Å². The molecule has 7 heteroatoms. The minimum absolute atomic E-state index is 0.346. The predicted octanol–water partition coefficient (Wildman–Crippen LogP) is 2.79. The molecule has 0 unspecified atom stereocenters. The fourth-order valence-corrected chi connectivity index (χ4v) is 2.31. The Labute approximate surface area is 133 Å². The van der Waals surface area contributed by atoms with Gasteiger partial charge in [0.25, 0.3) is 0 Å². The number of hydrogen-bond acceptors (Lipinski definition) is 5. The van der Waals surface area contributed by atoms with Crippen LogP contribution in [0.5, 0.6) is 0 Å². The second-order valence-corrected chi connectivity index (χ2v) is 4.96. The van der Waals surface area contributed by atoms with E-state index in [0.29, 0.717) is 11.6 Å². The van der Waals surface area contributed by atoms with Gasteiger partial charge in [-0.2, -0.15) is 0 Å². The van der Waals surface area contributed by atoms with Crippen molar-refractivity contribution in [1.29, 1.82) is 0 Å². The average molecular weight is 311 g/mol. The number of para-hydroxylation sites is 1. The second kappa shape index (κ2) is 6.78. The van der Waals surface area contributed by atoms with Crippen molar-refractivity contribution in [2.75, 3.05) is 24.3 Å². The molecule has 1 aromatic carbocycles. The van der Waals surface area contributed by atoms with Crippen LogP contribution >= 0.6 is 0 Å². The number of rotatable bonds is 5. The van der Waals surface area contributed by atoms with E-state index in [4.69, 9.17) is 0 Å². The molecule has 2 heterocycles. The van der Waals surface area contributed by atoms with Crippen LogP contribution in [-0.4, -0.2) is 34.9 Å². The Kier molecular flexibility index (Phi) is 4.37. The number of aromatic amines is 1. The van der Waals surface area contributed by atoms with E-state index in [1.807, 2.05) is 18.3 Å². The molecule has 0 radical (unpaired) electrons. The normalized spacial score (nSPS) is 10.5. The number of nitrogens with zero attached hydrogens (tertiary/aromatic N) is 2.